The number of sulfonamides is 1. The van der Waals surface area contributed by atoms with E-state index in [4.69, 9.17) is 4.42 Å². The topological polar surface area (TPSA) is 81.3 Å². The Labute approximate surface area is 134 Å². The second-order valence-corrected chi connectivity index (χ2v) is 7.58. The quantitative estimate of drug-likeness (QED) is 0.850. The van der Waals surface area contributed by atoms with E-state index in [0.717, 1.165) is 19.3 Å². The highest BCUT2D eigenvalue weighted by Crippen LogP contribution is 2.20. The normalized spacial score (nSPS) is 15.8. The van der Waals surface area contributed by atoms with Gasteiger partial charge in [0.2, 0.25) is 10.0 Å². The number of nitrogens with one attached hydrogen (secondary N) is 1. The fourth-order valence-electron chi connectivity index (χ4n) is 2.83. The molecule has 0 spiro atoms. The molecule has 0 unspecified atom stereocenters. The van der Waals surface area contributed by atoms with Crippen LogP contribution in [0.15, 0.2) is 44.0 Å². The zero-order valence-corrected chi connectivity index (χ0v) is 13.9. The van der Waals surface area contributed by atoms with E-state index < -0.39 is 15.8 Å². The number of oxazole rings is 1. The van der Waals surface area contributed by atoms with Gasteiger partial charge in [-0.2, -0.15) is 0 Å². The van der Waals surface area contributed by atoms with Crippen molar-refractivity contribution in [2.24, 2.45) is 7.05 Å². The molecule has 1 aliphatic rings. The Morgan fingerprint density at radius 1 is 1.30 bits per heavy atom. The number of aromatic nitrogens is 1. The van der Waals surface area contributed by atoms with E-state index in [0.29, 0.717) is 17.6 Å². The Morgan fingerprint density at radius 3 is 2.87 bits per heavy atom. The van der Waals surface area contributed by atoms with Crippen molar-refractivity contribution in [1.29, 1.82) is 0 Å². The van der Waals surface area contributed by atoms with Crippen LogP contribution in [0.3, 0.4) is 0 Å². The van der Waals surface area contributed by atoms with E-state index >= 15 is 0 Å². The lowest BCUT2D eigenvalue weighted by molar-refractivity contribution is 0.528. The number of rotatable bonds is 5. The standard InChI is InChI=1S/C16H20N2O4S/c1-18-14-11-13(7-8-15(14)22-16(18)19)23(20,21)17-10-9-12-5-3-2-4-6-12/h5,7-8,11,17H,2-4,6,9-10H2,1H3. The van der Waals surface area contributed by atoms with Gasteiger partial charge in [-0.1, -0.05) is 11.6 Å². The van der Waals surface area contributed by atoms with Crippen molar-refractivity contribution in [2.75, 3.05) is 6.54 Å². The highest BCUT2D eigenvalue weighted by molar-refractivity contribution is 7.89. The fourth-order valence-corrected chi connectivity index (χ4v) is 3.89. The Hall–Kier alpha value is -1.86. The van der Waals surface area contributed by atoms with Gasteiger partial charge in [-0.3, -0.25) is 4.57 Å². The van der Waals surface area contributed by atoms with Crippen molar-refractivity contribution in [3.8, 4) is 0 Å². The van der Waals surface area contributed by atoms with Crippen LogP contribution < -0.4 is 10.5 Å². The smallest absolute Gasteiger partial charge is 0.408 e. The predicted octanol–water partition coefficient (Wildman–Crippen LogP) is 2.30. The van der Waals surface area contributed by atoms with Crippen LogP contribution in [0.25, 0.3) is 11.1 Å². The maximum atomic E-state index is 12.4. The number of nitrogens with zero attached hydrogens (tertiary/aromatic N) is 1. The second-order valence-electron chi connectivity index (χ2n) is 5.81. The van der Waals surface area contributed by atoms with Crippen LogP contribution in [0, 0.1) is 0 Å². The lowest BCUT2D eigenvalue weighted by Gasteiger charge is -2.13. The van der Waals surface area contributed by atoms with Gasteiger partial charge in [0.05, 0.1) is 10.4 Å². The lowest BCUT2D eigenvalue weighted by Crippen LogP contribution is -2.25. The highest BCUT2D eigenvalue weighted by Gasteiger charge is 2.16. The van der Waals surface area contributed by atoms with Crippen LogP contribution in [-0.4, -0.2) is 19.5 Å². The molecule has 0 amide bonds. The molecule has 1 aromatic heterocycles. The summed E-state index contributed by atoms with van der Waals surface area (Å²) < 4.78 is 33.7. The van der Waals surface area contributed by atoms with E-state index in [1.54, 1.807) is 7.05 Å². The number of hydrogen-bond donors (Lipinski definition) is 1. The molecule has 2 aromatic rings. The lowest BCUT2D eigenvalue weighted by atomic mass is 9.97. The molecule has 0 radical (unpaired) electrons. The van der Waals surface area contributed by atoms with Crippen molar-refractivity contribution in [3.63, 3.8) is 0 Å². The molecule has 7 heteroatoms. The average molecular weight is 336 g/mol. The first-order valence-electron chi connectivity index (χ1n) is 7.74. The molecule has 0 fully saturated rings. The Balaban J connectivity index is 1.75. The molecule has 0 saturated carbocycles. The van der Waals surface area contributed by atoms with Crippen molar-refractivity contribution in [3.05, 3.63) is 40.4 Å². The minimum atomic E-state index is -3.59. The van der Waals surface area contributed by atoms with Gasteiger partial charge in [-0.25, -0.2) is 17.9 Å². The number of hydrogen-bond acceptors (Lipinski definition) is 4. The largest absolute Gasteiger partial charge is 0.419 e. The first-order chi connectivity index (χ1) is 11.0. The number of fused-ring (bicyclic) bond motifs is 1. The Morgan fingerprint density at radius 2 is 2.13 bits per heavy atom. The fraction of sp³-hybridized carbons (Fsp3) is 0.438. The minimum absolute atomic E-state index is 0.138. The summed E-state index contributed by atoms with van der Waals surface area (Å²) in [5.74, 6) is -0.508. The van der Waals surface area contributed by atoms with Gasteiger partial charge in [0.1, 0.15) is 0 Å². The van der Waals surface area contributed by atoms with Gasteiger partial charge < -0.3 is 4.42 Å². The Bertz CT molecular complexity index is 906. The summed E-state index contributed by atoms with van der Waals surface area (Å²) in [6, 6.07) is 4.42. The van der Waals surface area contributed by atoms with Gasteiger partial charge in [0.25, 0.3) is 0 Å². The number of allylic oxidation sites excluding steroid dienone is 1. The summed E-state index contributed by atoms with van der Waals surface area (Å²) in [6.07, 6.45) is 7.51. The van der Waals surface area contributed by atoms with Gasteiger partial charge in [-0.05, 0) is 50.3 Å². The van der Waals surface area contributed by atoms with E-state index in [1.165, 1.54) is 41.2 Å². The minimum Gasteiger partial charge on any atom is -0.408 e. The predicted molar refractivity (Wildman–Crippen MR) is 87.8 cm³/mol. The Kier molecular flexibility index (Phi) is 4.41. The summed E-state index contributed by atoms with van der Waals surface area (Å²) in [7, 11) is -2.05. The van der Waals surface area contributed by atoms with Gasteiger partial charge in [-0.15, -0.1) is 0 Å². The third-order valence-electron chi connectivity index (χ3n) is 4.20. The van der Waals surface area contributed by atoms with Crippen molar-refractivity contribution in [2.45, 2.75) is 37.0 Å². The van der Waals surface area contributed by atoms with Crippen molar-refractivity contribution >= 4 is 21.1 Å². The third-order valence-corrected chi connectivity index (χ3v) is 5.66. The molecule has 0 saturated heterocycles. The highest BCUT2D eigenvalue weighted by atomic mass is 32.2. The maximum Gasteiger partial charge on any atom is 0.419 e. The molecule has 23 heavy (non-hydrogen) atoms. The van der Waals surface area contributed by atoms with Gasteiger partial charge in [0.15, 0.2) is 5.58 Å². The summed E-state index contributed by atoms with van der Waals surface area (Å²) >= 11 is 0. The van der Waals surface area contributed by atoms with Gasteiger partial charge >= 0.3 is 5.76 Å². The molecular formula is C16H20N2O4S. The molecule has 1 N–H and O–H groups in total. The van der Waals surface area contributed by atoms with E-state index in [-0.39, 0.29) is 4.90 Å². The van der Waals surface area contributed by atoms with Crippen LogP contribution in [0.1, 0.15) is 32.1 Å². The molecule has 0 aliphatic heterocycles. The maximum absolute atomic E-state index is 12.4. The summed E-state index contributed by atoms with van der Waals surface area (Å²) in [4.78, 5) is 11.6. The van der Waals surface area contributed by atoms with Gasteiger partial charge in [0, 0.05) is 13.6 Å². The van der Waals surface area contributed by atoms with Crippen LogP contribution in [-0.2, 0) is 17.1 Å². The molecule has 0 bridgehead atoms. The summed E-state index contributed by atoms with van der Waals surface area (Å²) in [5, 5.41) is 0. The van der Waals surface area contributed by atoms with E-state index in [9.17, 15) is 13.2 Å². The van der Waals surface area contributed by atoms with Crippen molar-refractivity contribution in [1.82, 2.24) is 9.29 Å². The SMILES string of the molecule is Cn1c(=O)oc2ccc(S(=O)(=O)NCCC3=CCCCC3)cc21. The average Bonchev–Trinajstić information content (AvgIpc) is 2.83. The van der Waals surface area contributed by atoms with Crippen LogP contribution in [0.5, 0.6) is 0 Å². The second kappa shape index (κ2) is 6.33. The monoisotopic (exact) mass is 336 g/mol. The zero-order valence-electron chi connectivity index (χ0n) is 13.0. The van der Waals surface area contributed by atoms with Crippen molar-refractivity contribution < 1.29 is 12.8 Å². The molecule has 3 rings (SSSR count). The molecular weight excluding hydrogens is 316 g/mol. The summed E-state index contributed by atoms with van der Waals surface area (Å²) in [5.41, 5.74) is 2.17. The third kappa shape index (κ3) is 3.40. The van der Waals surface area contributed by atoms with Crippen LogP contribution in [0.2, 0.25) is 0 Å². The van der Waals surface area contributed by atoms with Crippen LogP contribution >= 0.6 is 0 Å². The molecule has 0 atom stereocenters. The van der Waals surface area contributed by atoms with E-state index in [2.05, 4.69) is 10.8 Å². The molecule has 124 valence electrons. The molecule has 6 nitrogen and oxygen atoms in total. The number of aryl methyl sites for hydroxylation is 1. The molecule has 1 aromatic carbocycles. The van der Waals surface area contributed by atoms with Crippen LogP contribution in [0.4, 0.5) is 0 Å². The zero-order chi connectivity index (χ0) is 16.4. The molecule has 1 aliphatic carbocycles. The first kappa shape index (κ1) is 16.0. The first-order valence-corrected chi connectivity index (χ1v) is 9.23. The molecule has 1 heterocycles. The van der Waals surface area contributed by atoms with E-state index in [1.807, 2.05) is 0 Å². The summed E-state index contributed by atoms with van der Waals surface area (Å²) in [6.45, 7) is 0.385. The number of benzene rings is 1.